The Balaban J connectivity index is 1.32. The standard InChI is InChI=1S/C65H85ClFN11O12S/c1-40-57(80)71-52(36-48-38-91-39-68-48)62(85)74(4)41(2)60(83)77(29-31-90-8)37-56(79)69-50(32-45-21-25-47(67)26-22-45)63(86)75(5)54(34-43-16-12-17-43)59(82)72-51(33-44-19-23-46(66)24-20-44)64(87)76(6)55(35-42-14-10-9-11-15-42)65(88)78-28-13-18-53(78)58(81)70-49(27-30-89-7)61(84)73(40)3/h9-11,14-15,19-26,38-41,43,49-55H,12-13,16-18,27-37H2,1-8H3,(H,69,79)(H,70,81)(H,71,80)(H,72,82)/t40-,41+,49-,50-,51-,52-,53+,54-,55-/m0/s1. The van der Waals surface area contributed by atoms with E-state index in [9.17, 15) is 33.2 Å². The van der Waals surface area contributed by atoms with Crippen LogP contribution in [0.2, 0.25) is 5.02 Å². The summed E-state index contributed by atoms with van der Waals surface area (Å²) in [6.45, 7) is 2.17. The largest absolute Gasteiger partial charge is 0.385 e. The lowest BCUT2D eigenvalue weighted by Crippen LogP contribution is -2.61. The van der Waals surface area contributed by atoms with E-state index in [2.05, 4.69) is 26.3 Å². The van der Waals surface area contributed by atoms with E-state index >= 15 is 19.2 Å². The predicted molar refractivity (Wildman–Crippen MR) is 338 cm³/mol. The van der Waals surface area contributed by atoms with Crippen molar-refractivity contribution in [2.75, 3.05) is 75.3 Å². The Hall–Kier alpha value is -7.87. The summed E-state index contributed by atoms with van der Waals surface area (Å²) < 4.78 is 25.1. The Kier molecular flexibility index (Phi) is 25.9. The average Bonchev–Trinajstić information content (AvgIpc) is 2.03. The second-order valence-corrected chi connectivity index (χ2v) is 24.9. The zero-order valence-corrected chi connectivity index (χ0v) is 54.5. The van der Waals surface area contributed by atoms with Gasteiger partial charge in [-0.3, -0.25) is 47.9 Å². The minimum absolute atomic E-state index is 0.00500. The van der Waals surface area contributed by atoms with E-state index < -0.39 is 126 Å². The molecular formula is C65H85ClFN11O12S. The highest BCUT2D eigenvalue weighted by atomic mass is 35.5. The maximum Gasteiger partial charge on any atom is 0.246 e. The molecule has 2 saturated heterocycles. The molecule has 91 heavy (non-hydrogen) atoms. The van der Waals surface area contributed by atoms with Gasteiger partial charge < -0.3 is 60.1 Å². The Morgan fingerprint density at radius 1 is 0.571 bits per heavy atom. The van der Waals surface area contributed by atoms with Crippen molar-refractivity contribution in [2.45, 2.75) is 139 Å². The van der Waals surface area contributed by atoms with Gasteiger partial charge in [-0.25, -0.2) is 9.37 Å². The normalized spacial score (nSPS) is 24.8. The number of nitrogens with zero attached hydrogens (tertiary/aromatic N) is 7. The molecule has 9 atom stereocenters. The lowest BCUT2D eigenvalue weighted by Gasteiger charge is -2.38. The molecule has 1 aromatic heterocycles. The van der Waals surface area contributed by atoms with Gasteiger partial charge in [0.1, 0.15) is 60.2 Å². The van der Waals surface area contributed by atoms with Crippen LogP contribution in [0.1, 0.15) is 81.2 Å². The van der Waals surface area contributed by atoms with E-state index in [1.165, 1.54) is 107 Å². The molecule has 0 unspecified atom stereocenters. The van der Waals surface area contributed by atoms with E-state index in [4.69, 9.17) is 21.1 Å². The summed E-state index contributed by atoms with van der Waals surface area (Å²) >= 11 is 7.59. The minimum atomic E-state index is -1.41. The number of hydrogen-bond acceptors (Lipinski definition) is 14. The van der Waals surface area contributed by atoms with Crippen molar-refractivity contribution in [1.29, 1.82) is 0 Å². The van der Waals surface area contributed by atoms with Crippen LogP contribution >= 0.6 is 22.9 Å². The SMILES string of the molecule is COCC[C@@H]1NC(=O)[C@H]2CCCN2C(=O)[C@H](Cc2ccccc2)N(C)C(=O)[C@H](Cc2ccc(Cl)cc2)NC(=O)[C@H](CC2CCC2)N(C)C(=O)[C@H](Cc2ccc(F)cc2)NC(=O)CN(CCOC)C(=O)[C@@H](C)N(C)C(=O)[C@H](Cc2cscn2)NC(=O)[C@H](C)N(C)C1=O. The van der Waals surface area contributed by atoms with Gasteiger partial charge in [0.15, 0.2) is 0 Å². The second-order valence-electron chi connectivity index (χ2n) is 23.8. The summed E-state index contributed by atoms with van der Waals surface area (Å²) in [5.41, 5.74) is 3.72. The topological polar surface area (TPSA) is 270 Å². The highest BCUT2D eigenvalue weighted by Gasteiger charge is 2.44. The number of amides is 10. The molecule has 1 aliphatic carbocycles. The number of rotatable bonds is 16. The lowest BCUT2D eigenvalue weighted by molar-refractivity contribution is -0.150. The van der Waals surface area contributed by atoms with Gasteiger partial charge in [0.25, 0.3) is 0 Å². The molecule has 492 valence electrons. The second kappa shape index (κ2) is 33.4. The molecule has 2 aliphatic heterocycles. The zero-order chi connectivity index (χ0) is 66.1. The first-order valence-corrected chi connectivity index (χ1v) is 32.1. The highest BCUT2D eigenvalue weighted by molar-refractivity contribution is 7.07. The van der Waals surface area contributed by atoms with Crippen molar-refractivity contribution < 1.29 is 61.8 Å². The summed E-state index contributed by atoms with van der Waals surface area (Å²) in [6, 6.07) is 9.46. The van der Waals surface area contributed by atoms with Gasteiger partial charge in [-0.1, -0.05) is 85.5 Å². The van der Waals surface area contributed by atoms with E-state index in [0.29, 0.717) is 33.8 Å². The maximum atomic E-state index is 15.5. The summed E-state index contributed by atoms with van der Waals surface area (Å²) in [4.78, 5) is 161. The molecule has 0 radical (unpaired) electrons. The molecule has 3 aliphatic rings. The molecule has 3 fully saturated rings. The summed E-state index contributed by atoms with van der Waals surface area (Å²) in [5.74, 6) is -7.56. The van der Waals surface area contributed by atoms with Crippen LogP contribution in [0.5, 0.6) is 0 Å². The van der Waals surface area contributed by atoms with Crippen molar-refractivity contribution in [3.05, 3.63) is 123 Å². The summed E-state index contributed by atoms with van der Waals surface area (Å²) in [7, 11) is 8.45. The van der Waals surface area contributed by atoms with Gasteiger partial charge in [-0.15, -0.1) is 11.3 Å². The molecule has 3 heterocycles. The molecule has 3 aromatic carbocycles. The number of carbonyl (C=O) groups is 10. The lowest BCUT2D eigenvalue weighted by atomic mass is 9.80. The van der Waals surface area contributed by atoms with Gasteiger partial charge in [-0.05, 0) is 86.4 Å². The first kappa shape index (κ1) is 70.6. The fourth-order valence-corrected chi connectivity index (χ4v) is 12.2. The van der Waals surface area contributed by atoms with Crippen LogP contribution in [0, 0.1) is 11.7 Å². The van der Waals surface area contributed by atoms with E-state index in [1.807, 2.05) is 0 Å². The summed E-state index contributed by atoms with van der Waals surface area (Å²) in [5, 5.41) is 13.5. The Bertz CT molecular complexity index is 3160. The Morgan fingerprint density at radius 3 is 1.73 bits per heavy atom. The van der Waals surface area contributed by atoms with Crippen molar-refractivity contribution >= 4 is 82.0 Å². The third-order valence-electron chi connectivity index (χ3n) is 17.6. The number of hydrogen-bond donors (Lipinski definition) is 4. The number of likely N-dealkylation sites (N-methyl/N-ethyl adjacent to an activating group) is 4. The van der Waals surface area contributed by atoms with Crippen molar-refractivity contribution in [2.24, 2.45) is 5.92 Å². The fraction of sp³-hybridized carbons (Fsp3) is 0.523. The van der Waals surface area contributed by atoms with E-state index in [1.54, 1.807) is 65.5 Å². The number of thiazole rings is 1. The average molecular weight is 1300 g/mol. The molecule has 4 aromatic rings. The van der Waals surface area contributed by atoms with Crippen LogP contribution in [-0.4, -0.2) is 223 Å². The molecular weight excluding hydrogens is 1210 g/mol. The number of methoxy groups -OCH3 is 2. The summed E-state index contributed by atoms with van der Waals surface area (Å²) in [6.07, 6.45) is 2.69. The Morgan fingerprint density at radius 2 is 1.12 bits per heavy atom. The molecule has 7 rings (SSSR count). The maximum absolute atomic E-state index is 15.5. The van der Waals surface area contributed by atoms with Crippen LogP contribution in [-0.2, 0) is 83.1 Å². The minimum Gasteiger partial charge on any atom is -0.385 e. The quantitative estimate of drug-likeness (QED) is 0.126. The van der Waals surface area contributed by atoms with Crippen LogP contribution in [0.25, 0.3) is 0 Å². The van der Waals surface area contributed by atoms with Gasteiger partial charge in [0, 0.05) is 98.2 Å². The van der Waals surface area contributed by atoms with Crippen LogP contribution in [0.3, 0.4) is 0 Å². The molecule has 0 spiro atoms. The number of fused-ring (bicyclic) bond motifs is 1. The van der Waals surface area contributed by atoms with E-state index in [-0.39, 0.29) is 77.2 Å². The predicted octanol–water partition coefficient (Wildman–Crippen LogP) is 3.20. The van der Waals surface area contributed by atoms with Crippen LogP contribution < -0.4 is 21.3 Å². The number of halogens is 2. The van der Waals surface area contributed by atoms with Gasteiger partial charge in [-0.2, -0.15) is 0 Å². The smallest absolute Gasteiger partial charge is 0.246 e. The number of aromatic nitrogens is 1. The zero-order valence-electron chi connectivity index (χ0n) is 52.9. The molecule has 0 bridgehead atoms. The first-order valence-electron chi connectivity index (χ1n) is 30.7. The van der Waals surface area contributed by atoms with Gasteiger partial charge in [0.2, 0.25) is 59.1 Å². The third kappa shape index (κ3) is 18.9. The van der Waals surface area contributed by atoms with E-state index in [0.717, 1.165) is 34.0 Å². The monoisotopic (exact) mass is 1300 g/mol. The number of benzene rings is 3. The van der Waals surface area contributed by atoms with Crippen molar-refractivity contribution in [3.63, 3.8) is 0 Å². The van der Waals surface area contributed by atoms with Crippen molar-refractivity contribution in [1.82, 2.24) is 55.7 Å². The molecule has 4 N–H and O–H groups in total. The molecule has 26 heteroatoms. The van der Waals surface area contributed by atoms with Crippen LogP contribution in [0.4, 0.5) is 4.39 Å². The number of ether oxygens (including phenoxy) is 2. The van der Waals surface area contributed by atoms with Gasteiger partial charge >= 0.3 is 0 Å². The van der Waals surface area contributed by atoms with Gasteiger partial charge in [0.05, 0.1) is 24.4 Å². The number of carbonyl (C=O) groups excluding carboxylic acids is 10. The third-order valence-corrected chi connectivity index (χ3v) is 18.5. The highest BCUT2D eigenvalue weighted by Crippen LogP contribution is 2.32. The fourth-order valence-electron chi connectivity index (χ4n) is 11.5. The molecule has 1 saturated carbocycles. The number of nitrogens with one attached hydrogen (secondary N) is 4. The first-order chi connectivity index (χ1) is 43.5. The van der Waals surface area contributed by atoms with Crippen LogP contribution in [0.15, 0.2) is 89.8 Å². The molecule has 10 amide bonds. The Labute approximate surface area is 540 Å². The van der Waals surface area contributed by atoms with Crippen molar-refractivity contribution in [3.8, 4) is 0 Å². The molecule has 23 nitrogen and oxygen atoms in total.